The Morgan fingerprint density at radius 1 is 1.33 bits per heavy atom. The molecule has 1 aromatic carbocycles. The number of carbonyl (C=O) groups is 1. The Kier molecular flexibility index (Phi) is 6.84. The van der Waals surface area contributed by atoms with Crippen LogP contribution in [0.5, 0.6) is 0 Å². The first-order chi connectivity index (χ1) is 11.2. The molecule has 0 spiro atoms. The smallest absolute Gasteiger partial charge is 0.265 e. The molecule has 1 unspecified atom stereocenters. The maximum atomic E-state index is 12.6. The molecule has 2 aromatic rings. The average Bonchev–Trinajstić information content (AvgIpc) is 2.97. The van der Waals surface area contributed by atoms with Crippen molar-refractivity contribution in [3.8, 4) is 0 Å². The Morgan fingerprint density at radius 2 is 2.12 bits per heavy atom. The summed E-state index contributed by atoms with van der Waals surface area (Å²) >= 11 is 1.66. The number of carbonyl (C=O) groups excluding carboxylic acids is 1. The summed E-state index contributed by atoms with van der Waals surface area (Å²) in [6.45, 7) is 6.05. The number of halogens is 1. The minimum Gasteiger partial charge on any atom is -0.321 e. The van der Waals surface area contributed by atoms with Crippen molar-refractivity contribution in [2.24, 2.45) is 5.92 Å². The fourth-order valence-electron chi connectivity index (χ4n) is 3.06. The lowest BCUT2D eigenvalue weighted by Crippen LogP contribution is -2.16. The van der Waals surface area contributed by atoms with Crippen LogP contribution >= 0.6 is 23.7 Å². The molecule has 1 atom stereocenters. The normalized spacial score (nSPS) is 16.2. The Balaban J connectivity index is 0.00000208. The van der Waals surface area contributed by atoms with Crippen LogP contribution in [0.3, 0.4) is 0 Å². The topological polar surface area (TPSA) is 41.1 Å². The molecule has 0 fully saturated rings. The van der Waals surface area contributed by atoms with Crippen LogP contribution < -0.4 is 10.6 Å². The zero-order valence-electron chi connectivity index (χ0n) is 14.2. The first-order valence-corrected chi connectivity index (χ1v) is 9.20. The van der Waals surface area contributed by atoms with Gasteiger partial charge in [0.2, 0.25) is 0 Å². The summed E-state index contributed by atoms with van der Waals surface area (Å²) in [6, 6.07) is 10.1. The number of hydrogen-bond donors (Lipinski definition) is 2. The molecule has 1 aromatic heterocycles. The maximum Gasteiger partial charge on any atom is 0.265 e. The number of benzene rings is 1. The summed E-state index contributed by atoms with van der Waals surface area (Å²) in [7, 11) is 0. The molecule has 130 valence electrons. The lowest BCUT2D eigenvalue weighted by atomic mass is 9.90. The number of aryl methyl sites for hydroxylation is 1. The van der Waals surface area contributed by atoms with Gasteiger partial charge in [-0.15, -0.1) is 23.7 Å². The highest BCUT2D eigenvalue weighted by molar-refractivity contribution is 7.14. The molecule has 1 amide bonds. The largest absolute Gasteiger partial charge is 0.321 e. The van der Waals surface area contributed by atoms with Crippen LogP contribution in [-0.4, -0.2) is 12.5 Å². The van der Waals surface area contributed by atoms with Crippen molar-refractivity contribution in [2.75, 3.05) is 11.9 Å². The molecular formula is C19H25ClN2OS. The average molecular weight is 365 g/mol. The Hall–Kier alpha value is -1.36. The van der Waals surface area contributed by atoms with Crippen molar-refractivity contribution in [3.63, 3.8) is 0 Å². The predicted octanol–water partition coefficient (Wildman–Crippen LogP) is 4.66. The van der Waals surface area contributed by atoms with Crippen LogP contribution in [0.2, 0.25) is 0 Å². The van der Waals surface area contributed by atoms with Crippen LogP contribution in [0.1, 0.15) is 45.9 Å². The zero-order chi connectivity index (χ0) is 16.2. The fraction of sp³-hybridized carbons (Fsp3) is 0.421. The van der Waals surface area contributed by atoms with Gasteiger partial charge in [0.15, 0.2) is 0 Å². The molecule has 24 heavy (non-hydrogen) atoms. The van der Waals surface area contributed by atoms with Crippen LogP contribution in [0.4, 0.5) is 5.69 Å². The molecule has 2 N–H and O–H groups in total. The summed E-state index contributed by atoms with van der Waals surface area (Å²) in [5, 5.41) is 6.40. The van der Waals surface area contributed by atoms with Crippen LogP contribution in [-0.2, 0) is 19.4 Å². The van der Waals surface area contributed by atoms with Gasteiger partial charge in [-0.2, -0.15) is 0 Å². The molecule has 0 saturated heterocycles. The van der Waals surface area contributed by atoms with Crippen molar-refractivity contribution in [2.45, 2.75) is 39.7 Å². The number of fused-ring (bicyclic) bond motifs is 1. The molecule has 0 aliphatic heterocycles. The molecule has 1 aliphatic carbocycles. The highest BCUT2D eigenvalue weighted by atomic mass is 35.5. The molecule has 0 bridgehead atoms. The van der Waals surface area contributed by atoms with E-state index in [0.29, 0.717) is 0 Å². The molecular weight excluding hydrogens is 340 g/mol. The van der Waals surface area contributed by atoms with Gasteiger partial charge in [-0.05, 0) is 55.0 Å². The maximum absolute atomic E-state index is 12.6. The van der Waals surface area contributed by atoms with E-state index in [9.17, 15) is 4.79 Å². The van der Waals surface area contributed by atoms with Crippen molar-refractivity contribution in [1.29, 1.82) is 0 Å². The molecule has 0 radical (unpaired) electrons. The second-order valence-electron chi connectivity index (χ2n) is 6.30. The van der Waals surface area contributed by atoms with Gasteiger partial charge in [-0.3, -0.25) is 4.79 Å². The Morgan fingerprint density at radius 3 is 2.92 bits per heavy atom. The third kappa shape index (κ3) is 4.38. The van der Waals surface area contributed by atoms with E-state index in [0.717, 1.165) is 48.0 Å². The van der Waals surface area contributed by atoms with Gasteiger partial charge in [-0.25, -0.2) is 0 Å². The highest BCUT2D eigenvalue weighted by Crippen LogP contribution is 2.32. The molecule has 1 heterocycles. The molecule has 0 saturated carbocycles. The first kappa shape index (κ1) is 19.0. The van der Waals surface area contributed by atoms with Gasteiger partial charge in [0.1, 0.15) is 0 Å². The van der Waals surface area contributed by atoms with E-state index in [2.05, 4.69) is 36.6 Å². The first-order valence-electron chi connectivity index (χ1n) is 8.39. The van der Waals surface area contributed by atoms with Crippen molar-refractivity contribution >= 4 is 35.3 Å². The quantitative estimate of drug-likeness (QED) is 0.810. The van der Waals surface area contributed by atoms with E-state index in [4.69, 9.17) is 0 Å². The summed E-state index contributed by atoms with van der Waals surface area (Å²) in [4.78, 5) is 14.9. The van der Waals surface area contributed by atoms with Gasteiger partial charge in [0, 0.05) is 17.1 Å². The minimum atomic E-state index is 0. The van der Waals surface area contributed by atoms with Crippen molar-refractivity contribution in [1.82, 2.24) is 5.32 Å². The summed E-state index contributed by atoms with van der Waals surface area (Å²) in [5.74, 6) is 0.745. The van der Waals surface area contributed by atoms with Gasteiger partial charge < -0.3 is 10.6 Å². The number of amides is 1. The summed E-state index contributed by atoms with van der Waals surface area (Å²) < 4.78 is 0. The van der Waals surface area contributed by atoms with E-state index >= 15 is 0 Å². The zero-order valence-corrected chi connectivity index (χ0v) is 15.9. The second kappa shape index (κ2) is 8.65. The fourth-order valence-corrected chi connectivity index (χ4v) is 4.16. The lowest BCUT2D eigenvalue weighted by Gasteiger charge is -2.16. The molecule has 3 rings (SSSR count). The van der Waals surface area contributed by atoms with Crippen molar-refractivity contribution < 1.29 is 4.79 Å². The Labute approximate surface area is 154 Å². The standard InChI is InChI=1S/C19H24N2OS.ClH/c1-3-20-12-14-6-4-5-7-16(14)21-19(22)18-11-15-10-13(2)8-9-17(15)23-18;/h4-7,11,13,20H,3,8-10,12H2,1-2H3,(H,21,22);1H. The van der Waals surface area contributed by atoms with E-state index in [1.54, 1.807) is 11.3 Å². The molecule has 5 heteroatoms. The molecule has 3 nitrogen and oxygen atoms in total. The van der Waals surface area contributed by atoms with Gasteiger partial charge in [0.25, 0.3) is 5.91 Å². The van der Waals surface area contributed by atoms with Crippen LogP contribution in [0.15, 0.2) is 30.3 Å². The third-order valence-corrected chi connectivity index (χ3v) is 5.62. The minimum absolute atomic E-state index is 0. The summed E-state index contributed by atoms with van der Waals surface area (Å²) in [6.07, 6.45) is 3.46. The number of rotatable bonds is 5. The van der Waals surface area contributed by atoms with Gasteiger partial charge in [-0.1, -0.05) is 32.0 Å². The predicted molar refractivity (Wildman–Crippen MR) is 105 cm³/mol. The van der Waals surface area contributed by atoms with Crippen LogP contribution in [0.25, 0.3) is 0 Å². The summed E-state index contributed by atoms with van der Waals surface area (Å²) in [5.41, 5.74) is 3.40. The number of thiophene rings is 1. The molecule has 1 aliphatic rings. The number of hydrogen-bond acceptors (Lipinski definition) is 3. The van der Waals surface area contributed by atoms with E-state index in [1.807, 2.05) is 18.2 Å². The van der Waals surface area contributed by atoms with Crippen molar-refractivity contribution in [3.05, 3.63) is 51.2 Å². The van der Waals surface area contributed by atoms with Gasteiger partial charge >= 0.3 is 0 Å². The van der Waals surface area contributed by atoms with E-state index < -0.39 is 0 Å². The third-order valence-electron chi connectivity index (χ3n) is 4.38. The van der Waals surface area contributed by atoms with E-state index in [-0.39, 0.29) is 18.3 Å². The SMILES string of the molecule is CCNCc1ccccc1NC(=O)c1cc2c(s1)CCC(C)C2.Cl. The second-order valence-corrected chi connectivity index (χ2v) is 7.44. The lowest BCUT2D eigenvalue weighted by molar-refractivity contribution is 0.103. The number of nitrogens with one attached hydrogen (secondary N) is 2. The van der Waals surface area contributed by atoms with E-state index in [1.165, 1.54) is 16.9 Å². The van der Waals surface area contributed by atoms with Gasteiger partial charge in [0.05, 0.1) is 4.88 Å². The Bertz CT molecular complexity index is 698. The van der Waals surface area contributed by atoms with Crippen LogP contribution in [0, 0.1) is 5.92 Å². The number of anilines is 1. The number of para-hydroxylation sites is 1. The monoisotopic (exact) mass is 364 g/mol. The highest BCUT2D eigenvalue weighted by Gasteiger charge is 2.21.